The molecule has 2 aromatic rings. The van der Waals surface area contributed by atoms with Gasteiger partial charge in [-0.1, -0.05) is 45.7 Å². The van der Waals surface area contributed by atoms with Gasteiger partial charge in [0.15, 0.2) is 5.69 Å². The summed E-state index contributed by atoms with van der Waals surface area (Å²) in [7, 11) is -4.15. The Morgan fingerprint density at radius 2 is 1.74 bits per heavy atom. The minimum Gasteiger partial charge on any atom is -0.477 e. The van der Waals surface area contributed by atoms with Gasteiger partial charge in [0.1, 0.15) is 0 Å². The van der Waals surface area contributed by atoms with E-state index in [0.29, 0.717) is 31.4 Å². The zero-order valence-corrected chi connectivity index (χ0v) is 21.2. The van der Waals surface area contributed by atoms with Gasteiger partial charge >= 0.3 is 5.97 Å². The van der Waals surface area contributed by atoms with Crippen LogP contribution < -0.4 is 10.0 Å². The number of hydrogen-bond donors (Lipinski definition) is 3. The first kappa shape index (κ1) is 28.0. The molecule has 10 heteroatoms. The number of nitrogens with one attached hydrogen (secondary N) is 2. The van der Waals surface area contributed by atoms with Gasteiger partial charge in [-0.25, -0.2) is 22.9 Å². The fraction of sp³-hybridized carbons (Fsp3) is 0.440. The number of carbonyl (C=O) groups excluding carboxylic acids is 2. The minimum absolute atomic E-state index is 0.0266. The lowest BCUT2D eigenvalue weighted by molar-refractivity contribution is -0.121. The summed E-state index contributed by atoms with van der Waals surface area (Å²) in [5, 5.41) is 12.2. The third kappa shape index (κ3) is 8.79. The second-order valence-corrected chi connectivity index (χ2v) is 10.5. The lowest BCUT2D eigenvalue weighted by atomic mass is 10.0. The predicted octanol–water partition coefficient (Wildman–Crippen LogP) is 3.34. The van der Waals surface area contributed by atoms with Crippen molar-refractivity contribution in [1.82, 2.24) is 15.0 Å². The number of aromatic carboxylic acids is 1. The number of unbranched alkanes of at least 4 members (excludes halogenated alkanes) is 2. The largest absolute Gasteiger partial charge is 0.477 e. The number of carboxylic acids is 1. The van der Waals surface area contributed by atoms with Crippen molar-refractivity contribution in [1.29, 1.82) is 0 Å². The van der Waals surface area contributed by atoms with Crippen molar-refractivity contribution in [2.45, 2.75) is 64.2 Å². The van der Waals surface area contributed by atoms with E-state index in [2.05, 4.69) is 10.3 Å². The van der Waals surface area contributed by atoms with Crippen LogP contribution in [0.1, 0.15) is 78.4 Å². The molecule has 9 nitrogen and oxygen atoms in total. The van der Waals surface area contributed by atoms with Gasteiger partial charge < -0.3 is 10.4 Å². The van der Waals surface area contributed by atoms with Gasteiger partial charge in [0.25, 0.3) is 15.9 Å². The third-order valence-corrected chi connectivity index (χ3v) is 6.62. The molecule has 1 aromatic heterocycles. The smallest absolute Gasteiger partial charge is 0.354 e. The molecule has 0 bridgehead atoms. The van der Waals surface area contributed by atoms with Gasteiger partial charge in [-0.3, -0.25) is 9.59 Å². The van der Waals surface area contributed by atoms with E-state index in [4.69, 9.17) is 0 Å². The molecule has 2 rings (SSSR count). The molecule has 0 spiro atoms. The molecule has 0 saturated heterocycles. The van der Waals surface area contributed by atoms with Crippen LogP contribution in [0.5, 0.6) is 0 Å². The summed E-state index contributed by atoms with van der Waals surface area (Å²) in [6.45, 7) is 6.38. The molecule has 35 heavy (non-hydrogen) atoms. The zero-order valence-electron chi connectivity index (χ0n) is 20.3. The van der Waals surface area contributed by atoms with Gasteiger partial charge in [-0.2, -0.15) is 0 Å². The van der Waals surface area contributed by atoms with Crippen molar-refractivity contribution in [3.8, 4) is 0 Å². The molecule has 0 aliphatic rings. The Kier molecular flexibility index (Phi) is 10.4. The summed E-state index contributed by atoms with van der Waals surface area (Å²) in [6.07, 6.45) is 5.05. The Morgan fingerprint density at radius 3 is 2.34 bits per heavy atom. The number of hydrogen-bond acceptors (Lipinski definition) is 6. The molecular weight excluding hydrogens is 470 g/mol. The predicted molar refractivity (Wildman–Crippen MR) is 132 cm³/mol. The van der Waals surface area contributed by atoms with E-state index in [-0.39, 0.29) is 28.0 Å². The first-order chi connectivity index (χ1) is 16.5. The molecule has 2 amide bonds. The maximum atomic E-state index is 12.7. The van der Waals surface area contributed by atoms with Crippen LogP contribution in [0.25, 0.3) is 0 Å². The summed E-state index contributed by atoms with van der Waals surface area (Å²) in [5.74, 6) is -1.84. The average Bonchev–Trinajstić information content (AvgIpc) is 2.78. The highest BCUT2D eigenvalue weighted by atomic mass is 32.2. The van der Waals surface area contributed by atoms with Crippen LogP contribution in [0.15, 0.2) is 41.4 Å². The highest BCUT2D eigenvalue weighted by molar-refractivity contribution is 7.90. The van der Waals surface area contributed by atoms with Gasteiger partial charge in [-0.05, 0) is 54.5 Å². The first-order valence-electron chi connectivity index (χ1n) is 11.7. The van der Waals surface area contributed by atoms with Gasteiger partial charge in [0.05, 0.1) is 10.5 Å². The Hall–Kier alpha value is -3.27. The van der Waals surface area contributed by atoms with Gasteiger partial charge in [0.2, 0.25) is 5.91 Å². The SMILES string of the molecule is CCCCCc1cc(C(=O)NS(=O)(=O)c2ccc(CCNC(=O)CC(C)C)cc2)cnc1C(=O)O. The fourth-order valence-corrected chi connectivity index (χ4v) is 4.42. The summed E-state index contributed by atoms with van der Waals surface area (Å²) in [6, 6.07) is 7.42. The van der Waals surface area contributed by atoms with E-state index in [9.17, 15) is 27.9 Å². The standard InChI is InChI=1S/C25H33N3O6S/c1-4-5-6-7-19-15-20(16-27-23(19)25(31)32)24(30)28-35(33,34)21-10-8-18(9-11-21)12-13-26-22(29)14-17(2)3/h8-11,15-17H,4-7,12-14H2,1-3H3,(H,26,29)(H,28,30)(H,31,32). The molecule has 0 fully saturated rings. The van der Waals surface area contributed by atoms with Gasteiger partial charge in [-0.15, -0.1) is 0 Å². The Balaban J connectivity index is 2.05. The quantitative estimate of drug-likeness (QED) is 0.356. The lowest BCUT2D eigenvalue weighted by Gasteiger charge is -2.11. The number of sulfonamides is 1. The fourth-order valence-electron chi connectivity index (χ4n) is 3.45. The molecule has 1 aromatic carbocycles. The monoisotopic (exact) mass is 503 g/mol. The number of pyridine rings is 1. The highest BCUT2D eigenvalue weighted by Crippen LogP contribution is 2.16. The Morgan fingerprint density at radius 1 is 1.06 bits per heavy atom. The first-order valence-corrected chi connectivity index (χ1v) is 13.2. The van der Waals surface area contributed by atoms with Crippen LogP contribution in [0.2, 0.25) is 0 Å². The molecular formula is C25H33N3O6S. The normalized spacial score (nSPS) is 11.3. The summed E-state index contributed by atoms with van der Waals surface area (Å²) in [4.78, 5) is 39.6. The number of carbonyl (C=O) groups is 3. The molecule has 0 aliphatic carbocycles. The van der Waals surface area contributed by atoms with E-state index >= 15 is 0 Å². The van der Waals surface area contributed by atoms with Crippen LogP contribution in [0.4, 0.5) is 0 Å². The van der Waals surface area contributed by atoms with Crippen LogP contribution >= 0.6 is 0 Å². The van der Waals surface area contributed by atoms with E-state index < -0.39 is 21.9 Å². The summed E-state index contributed by atoms with van der Waals surface area (Å²) < 4.78 is 27.4. The number of aryl methyl sites for hydroxylation is 1. The Bertz CT molecular complexity index is 1140. The number of nitrogens with zero attached hydrogens (tertiary/aromatic N) is 1. The molecule has 0 radical (unpaired) electrons. The molecule has 3 N–H and O–H groups in total. The Labute approximate surface area is 206 Å². The van der Waals surface area contributed by atoms with Crippen LogP contribution in [0.3, 0.4) is 0 Å². The van der Waals surface area contributed by atoms with Crippen molar-refractivity contribution in [2.24, 2.45) is 5.92 Å². The number of carboxylic acid groups (broad SMARTS) is 1. The van der Waals surface area contributed by atoms with Crippen molar-refractivity contribution in [2.75, 3.05) is 6.54 Å². The summed E-state index contributed by atoms with van der Waals surface area (Å²) in [5.41, 5.74) is 1.06. The third-order valence-electron chi connectivity index (χ3n) is 5.27. The number of benzene rings is 1. The highest BCUT2D eigenvalue weighted by Gasteiger charge is 2.21. The number of amides is 2. The average molecular weight is 504 g/mol. The maximum Gasteiger partial charge on any atom is 0.354 e. The minimum atomic E-state index is -4.15. The van der Waals surface area contributed by atoms with Crippen LogP contribution in [-0.4, -0.2) is 42.8 Å². The molecule has 190 valence electrons. The van der Waals surface area contributed by atoms with E-state index in [1.807, 2.05) is 25.5 Å². The second kappa shape index (κ2) is 13.0. The lowest BCUT2D eigenvalue weighted by Crippen LogP contribution is -2.31. The molecule has 0 saturated carbocycles. The van der Waals surface area contributed by atoms with Crippen molar-refractivity contribution in [3.05, 3.63) is 58.9 Å². The second-order valence-electron chi connectivity index (χ2n) is 8.77. The summed E-state index contributed by atoms with van der Waals surface area (Å²) >= 11 is 0. The number of aromatic nitrogens is 1. The van der Waals surface area contributed by atoms with Crippen molar-refractivity contribution in [3.63, 3.8) is 0 Å². The van der Waals surface area contributed by atoms with Crippen LogP contribution in [0, 0.1) is 5.92 Å². The molecule has 0 atom stereocenters. The molecule has 0 unspecified atom stereocenters. The zero-order chi connectivity index (χ0) is 26.0. The van der Waals surface area contributed by atoms with E-state index in [1.165, 1.54) is 18.2 Å². The van der Waals surface area contributed by atoms with Gasteiger partial charge in [0, 0.05) is 19.2 Å². The van der Waals surface area contributed by atoms with E-state index in [0.717, 1.165) is 31.0 Å². The topological polar surface area (TPSA) is 143 Å². The number of rotatable bonds is 13. The van der Waals surface area contributed by atoms with Crippen molar-refractivity contribution < 1.29 is 27.9 Å². The molecule has 1 heterocycles. The van der Waals surface area contributed by atoms with Crippen LogP contribution in [-0.2, 0) is 27.7 Å². The molecule has 0 aliphatic heterocycles. The maximum absolute atomic E-state index is 12.7. The van der Waals surface area contributed by atoms with E-state index in [1.54, 1.807) is 12.1 Å². The van der Waals surface area contributed by atoms with Crippen molar-refractivity contribution >= 4 is 27.8 Å².